The van der Waals surface area contributed by atoms with Gasteiger partial charge in [-0.05, 0) is 17.5 Å². The Kier molecular flexibility index (Phi) is 3.23. The van der Waals surface area contributed by atoms with Crippen LogP contribution in [0.2, 0.25) is 0 Å². The summed E-state index contributed by atoms with van der Waals surface area (Å²) < 4.78 is 4.59. The maximum Gasteiger partial charge on any atom is 0.374 e. The second-order valence-electron chi connectivity index (χ2n) is 3.69. The fourth-order valence-electron chi connectivity index (χ4n) is 1.59. The zero-order valence-electron chi connectivity index (χ0n) is 9.86. The summed E-state index contributed by atoms with van der Waals surface area (Å²) >= 11 is 0. The van der Waals surface area contributed by atoms with Gasteiger partial charge >= 0.3 is 5.97 Å². The van der Waals surface area contributed by atoms with Crippen LogP contribution < -0.4 is 0 Å². The SMILES string of the molecule is CCc1ccc(-c2cnc(C(=O)OC)[nH]2)cc1. The van der Waals surface area contributed by atoms with Gasteiger partial charge in [-0.1, -0.05) is 31.2 Å². The summed E-state index contributed by atoms with van der Waals surface area (Å²) in [5, 5.41) is 0. The van der Waals surface area contributed by atoms with Crippen molar-refractivity contribution in [1.29, 1.82) is 0 Å². The topological polar surface area (TPSA) is 55.0 Å². The molecule has 1 N–H and O–H groups in total. The minimum Gasteiger partial charge on any atom is -0.463 e. The number of carbonyl (C=O) groups excluding carboxylic acids is 1. The number of aryl methyl sites for hydroxylation is 1. The molecule has 1 heterocycles. The van der Waals surface area contributed by atoms with Crippen molar-refractivity contribution >= 4 is 5.97 Å². The number of nitrogens with zero attached hydrogens (tertiary/aromatic N) is 1. The van der Waals surface area contributed by atoms with E-state index in [1.165, 1.54) is 12.7 Å². The molecule has 2 rings (SSSR count). The third kappa shape index (κ3) is 2.36. The van der Waals surface area contributed by atoms with Gasteiger partial charge in [0, 0.05) is 0 Å². The molecule has 0 unspecified atom stereocenters. The number of H-pyrrole nitrogens is 1. The molecule has 0 saturated carbocycles. The van der Waals surface area contributed by atoms with E-state index in [2.05, 4.69) is 33.8 Å². The van der Waals surface area contributed by atoms with Crippen molar-refractivity contribution in [1.82, 2.24) is 9.97 Å². The van der Waals surface area contributed by atoms with Crippen molar-refractivity contribution in [2.75, 3.05) is 7.11 Å². The first-order valence-electron chi connectivity index (χ1n) is 5.47. The van der Waals surface area contributed by atoms with Gasteiger partial charge in [0.15, 0.2) is 0 Å². The Hall–Kier alpha value is -2.10. The van der Waals surface area contributed by atoms with Gasteiger partial charge in [0.1, 0.15) is 0 Å². The molecule has 0 spiro atoms. The number of methoxy groups -OCH3 is 1. The number of nitrogens with one attached hydrogen (secondary N) is 1. The molecule has 0 bridgehead atoms. The Morgan fingerprint density at radius 3 is 2.65 bits per heavy atom. The first kappa shape index (κ1) is 11.4. The van der Waals surface area contributed by atoms with E-state index in [0.717, 1.165) is 17.7 Å². The molecule has 1 aromatic carbocycles. The summed E-state index contributed by atoms with van der Waals surface area (Å²) in [5.74, 6) is -0.233. The maximum absolute atomic E-state index is 11.2. The lowest BCUT2D eigenvalue weighted by atomic mass is 10.1. The second kappa shape index (κ2) is 4.82. The van der Waals surface area contributed by atoms with E-state index in [1.807, 2.05) is 12.1 Å². The van der Waals surface area contributed by atoms with E-state index in [0.29, 0.717) is 0 Å². The van der Waals surface area contributed by atoms with Gasteiger partial charge in [-0.2, -0.15) is 0 Å². The van der Waals surface area contributed by atoms with Gasteiger partial charge in [0.2, 0.25) is 5.82 Å². The molecule has 17 heavy (non-hydrogen) atoms. The van der Waals surface area contributed by atoms with E-state index in [-0.39, 0.29) is 5.82 Å². The van der Waals surface area contributed by atoms with E-state index in [1.54, 1.807) is 6.20 Å². The second-order valence-corrected chi connectivity index (χ2v) is 3.69. The molecule has 88 valence electrons. The van der Waals surface area contributed by atoms with Crippen LogP contribution in [0.3, 0.4) is 0 Å². The van der Waals surface area contributed by atoms with Crippen molar-refractivity contribution in [3.63, 3.8) is 0 Å². The number of hydrogen-bond acceptors (Lipinski definition) is 3. The molecule has 2 aromatic rings. The predicted molar refractivity (Wildman–Crippen MR) is 64.7 cm³/mol. The maximum atomic E-state index is 11.2. The minimum atomic E-state index is -0.457. The van der Waals surface area contributed by atoms with Crippen molar-refractivity contribution in [3.8, 4) is 11.3 Å². The number of rotatable bonds is 3. The van der Waals surface area contributed by atoms with Crippen molar-refractivity contribution in [2.24, 2.45) is 0 Å². The number of ether oxygens (including phenoxy) is 1. The number of aromatic amines is 1. The van der Waals surface area contributed by atoms with Crippen LogP contribution in [0.15, 0.2) is 30.5 Å². The van der Waals surface area contributed by atoms with Crippen molar-refractivity contribution < 1.29 is 9.53 Å². The number of aromatic nitrogens is 2. The lowest BCUT2D eigenvalue weighted by Crippen LogP contribution is -2.03. The van der Waals surface area contributed by atoms with Gasteiger partial charge < -0.3 is 9.72 Å². The Labute approximate surface area is 99.7 Å². The van der Waals surface area contributed by atoms with Gasteiger partial charge in [0.25, 0.3) is 0 Å². The molecule has 0 aliphatic rings. The van der Waals surface area contributed by atoms with Gasteiger partial charge in [-0.15, -0.1) is 0 Å². The van der Waals surface area contributed by atoms with Crippen molar-refractivity contribution in [3.05, 3.63) is 41.9 Å². The van der Waals surface area contributed by atoms with E-state index in [9.17, 15) is 4.79 Å². The quantitative estimate of drug-likeness (QED) is 0.824. The zero-order valence-corrected chi connectivity index (χ0v) is 9.86. The van der Waals surface area contributed by atoms with Crippen LogP contribution in [0.25, 0.3) is 11.3 Å². The number of hydrogen-bond donors (Lipinski definition) is 1. The fourth-order valence-corrected chi connectivity index (χ4v) is 1.59. The summed E-state index contributed by atoms with van der Waals surface area (Å²) in [6.07, 6.45) is 2.64. The number of esters is 1. The summed E-state index contributed by atoms with van der Waals surface area (Å²) in [7, 11) is 1.33. The number of benzene rings is 1. The Morgan fingerprint density at radius 2 is 2.06 bits per heavy atom. The van der Waals surface area contributed by atoms with E-state index >= 15 is 0 Å². The Bertz CT molecular complexity index is 514. The third-order valence-electron chi connectivity index (χ3n) is 2.63. The van der Waals surface area contributed by atoms with Crippen LogP contribution in [-0.4, -0.2) is 23.0 Å². The highest BCUT2D eigenvalue weighted by molar-refractivity contribution is 5.86. The van der Waals surface area contributed by atoms with Crippen LogP contribution in [-0.2, 0) is 11.2 Å². The molecule has 4 heteroatoms. The molecule has 0 aliphatic heterocycles. The molecule has 0 radical (unpaired) electrons. The third-order valence-corrected chi connectivity index (χ3v) is 2.63. The van der Waals surface area contributed by atoms with Crippen LogP contribution in [0.4, 0.5) is 0 Å². The lowest BCUT2D eigenvalue weighted by molar-refractivity contribution is 0.0588. The smallest absolute Gasteiger partial charge is 0.374 e. The molecule has 4 nitrogen and oxygen atoms in total. The van der Waals surface area contributed by atoms with Gasteiger partial charge in [-0.25, -0.2) is 9.78 Å². The van der Waals surface area contributed by atoms with Gasteiger partial charge in [0.05, 0.1) is 19.0 Å². The van der Waals surface area contributed by atoms with Crippen LogP contribution in [0.5, 0.6) is 0 Å². The Balaban J connectivity index is 2.27. The fraction of sp³-hybridized carbons (Fsp3) is 0.231. The molecule has 1 aromatic heterocycles. The predicted octanol–water partition coefficient (Wildman–Crippen LogP) is 2.43. The first-order chi connectivity index (χ1) is 8.24. The highest BCUT2D eigenvalue weighted by atomic mass is 16.5. The summed E-state index contributed by atoms with van der Waals surface area (Å²) in [4.78, 5) is 18.2. The molecule has 0 saturated heterocycles. The standard InChI is InChI=1S/C13H14N2O2/c1-3-9-4-6-10(7-5-9)11-8-14-12(15-11)13(16)17-2/h4-8H,3H2,1-2H3,(H,14,15). The van der Waals surface area contributed by atoms with E-state index < -0.39 is 5.97 Å². The highest BCUT2D eigenvalue weighted by Gasteiger charge is 2.10. The van der Waals surface area contributed by atoms with Gasteiger partial charge in [-0.3, -0.25) is 0 Å². The molecular formula is C13H14N2O2. The van der Waals surface area contributed by atoms with Crippen LogP contribution in [0.1, 0.15) is 23.1 Å². The lowest BCUT2D eigenvalue weighted by Gasteiger charge is -1.99. The molecule has 0 aliphatic carbocycles. The van der Waals surface area contributed by atoms with E-state index in [4.69, 9.17) is 0 Å². The first-order valence-corrected chi connectivity index (χ1v) is 5.47. The van der Waals surface area contributed by atoms with Crippen LogP contribution in [0, 0.1) is 0 Å². The largest absolute Gasteiger partial charge is 0.463 e. The highest BCUT2D eigenvalue weighted by Crippen LogP contribution is 2.18. The Morgan fingerprint density at radius 1 is 1.35 bits per heavy atom. The monoisotopic (exact) mass is 230 g/mol. The minimum absolute atomic E-state index is 0.224. The molecular weight excluding hydrogens is 216 g/mol. The average Bonchev–Trinajstić information content (AvgIpc) is 2.87. The molecule has 0 atom stereocenters. The number of imidazole rings is 1. The summed E-state index contributed by atoms with van der Waals surface area (Å²) in [5.41, 5.74) is 3.10. The summed E-state index contributed by atoms with van der Waals surface area (Å²) in [6.45, 7) is 2.11. The molecule has 0 fully saturated rings. The average molecular weight is 230 g/mol. The normalized spacial score (nSPS) is 10.2. The molecule has 0 amide bonds. The number of carbonyl (C=O) groups is 1. The zero-order chi connectivity index (χ0) is 12.3. The summed E-state index contributed by atoms with van der Waals surface area (Å²) in [6, 6.07) is 8.14. The van der Waals surface area contributed by atoms with Crippen LogP contribution >= 0.6 is 0 Å². The van der Waals surface area contributed by atoms with Crippen molar-refractivity contribution in [2.45, 2.75) is 13.3 Å².